The van der Waals surface area contributed by atoms with Crippen molar-refractivity contribution in [3.05, 3.63) is 128 Å². The summed E-state index contributed by atoms with van der Waals surface area (Å²) in [6.07, 6.45) is 5.58. The third-order valence-corrected chi connectivity index (χ3v) is 12.2. The summed E-state index contributed by atoms with van der Waals surface area (Å²) in [4.78, 5) is 51.1. The van der Waals surface area contributed by atoms with E-state index in [1.807, 2.05) is 80.6 Å². The zero-order valence-electron chi connectivity index (χ0n) is 36.0. The van der Waals surface area contributed by atoms with Crippen LogP contribution in [0.4, 0.5) is 4.79 Å². The number of benzene rings is 3. The zero-order chi connectivity index (χ0) is 45.0. The van der Waals surface area contributed by atoms with Crippen LogP contribution in [-0.2, 0) is 55.7 Å². The second-order valence-corrected chi connectivity index (χ2v) is 17.8. The summed E-state index contributed by atoms with van der Waals surface area (Å²) in [5.74, 6) is 0.113. The second-order valence-electron chi connectivity index (χ2n) is 17.0. The molecule has 63 heavy (non-hydrogen) atoms. The highest BCUT2D eigenvalue weighted by Crippen LogP contribution is 2.38. The number of aromatic nitrogens is 3. The van der Waals surface area contributed by atoms with E-state index in [9.17, 15) is 24.8 Å². The smallest absolute Gasteiger partial charge is 0.410 e. The highest BCUT2D eigenvalue weighted by Gasteiger charge is 2.32. The molecule has 0 saturated carbocycles. The molecule has 1 fully saturated rings. The van der Waals surface area contributed by atoms with Crippen LogP contribution in [0.5, 0.6) is 11.5 Å². The molecule has 1 saturated heterocycles. The Labute approximate surface area is 377 Å². The summed E-state index contributed by atoms with van der Waals surface area (Å²) in [6.45, 7) is 9.41. The number of hydrogen-bond donors (Lipinski definition) is 1. The topological polar surface area (TPSA) is 160 Å². The number of carboxylic acids is 1. The van der Waals surface area contributed by atoms with E-state index >= 15 is 0 Å². The third kappa shape index (κ3) is 10.5. The number of aliphatic carboxylic acids is 1. The van der Waals surface area contributed by atoms with Gasteiger partial charge in [0, 0.05) is 73.8 Å². The first-order chi connectivity index (χ1) is 30.1. The number of nitrogens with zero attached hydrogens (tertiary/aromatic N) is 6. The number of hydrogen-bond acceptors (Lipinski definition) is 10. The largest absolute Gasteiger partial charge is 0.488 e. The normalized spacial score (nSPS) is 15.3. The quantitative estimate of drug-likeness (QED) is 0.112. The van der Waals surface area contributed by atoms with Gasteiger partial charge in [-0.2, -0.15) is 5.26 Å². The van der Waals surface area contributed by atoms with Crippen molar-refractivity contribution in [3.8, 4) is 28.7 Å². The van der Waals surface area contributed by atoms with Crippen molar-refractivity contribution in [1.82, 2.24) is 24.3 Å². The number of pyridine rings is 1. The van der Waals surface area contributed by atoms with Gasteiger partial charge in [-0.15, -0.1) is 0 Å². The summed E-state index contributed by atoms with van der Waals surface area (Å²) in [6, 6.07) is 18.2. The fourth-order valence-electron chi connectivity index (χ4n) is 8.14. The van der Waals surface area contributed by atoms with Gasteiger partial charge >= 0.3 is 12.1 Å². The Morgan fingerprint density at radius 2 is 1.68 bits per heavy atom. The van der Waals surface area contributed by atoms with Crippen LogP contribution in [0.15, 0.2) is 67.0 Å². The lowest BCUT2D eigenvalue weighted by atomic mass is 9.94. The number of piperidine rings is 1. The Bertz CT molecular complexity index is 2600. The highest BCUT2D eigenvalue weighted by molar-refractivity contribution is 6.34. The number of ketones is 1. The molecule has 0 unspecified atom stereocenters. The van der Waals surface area contributed by atoms with Crippen molar-refractivity contribution in [2.45, 2.75) is 97.7 Å². The molecule has 0 spiro atoms. The first-order valence-electron chi connectivity index (χ1n) is 20.9. The highest BCUT2D eigenvalue weighted by atomic mass is 35.5. The molecule has 0 radical (unpaired) electrons. The van der Waals surface area contributed by atoms with Crippen LogP contribution in [0, 0.1) is 18.3 Å². The number of Topliss-reactive ketones (excluding diaryl/α,β-unsaturated/α-hetero) is 1. The van der Waals surface area contributed by atoms with Gasteiger partial charge in [-0.25, -0.2) is 9.78 Å². The predicted octanol–water partition coefficient (Wildman–Crippen LogP) is 9.28. The van der Waals surface area contributed by atoms with Crippen molar-refractivity contribution < 1.29 is 33.7 Å². The molecule has 328 valence electrons. The molecule has 15 heteroatoms. The van der Waals surface area contributed by atoms with Gasteiger partial charge < -0.3 is 28.8 Å². The Balaban J connectivity index is 1.09. The van der Waals surface area contributed by atoms with Crippen molar-refractivity contribution in [2.24, 2.45) is 7.05 Å². The number of likely N-dealkylation sites (tertiary alicyclic amines) is 1. The summed E-state index contributed by atoms with van der Waals surface area (Å²) >= 11 is 14.0. The molecule has 1 amide bonds. The van der Waals surface area contributed by atoms with E-state index in [0.717, 1.165) is 40.8 Å². The predicted molar refractivity (Wildman–Crippen MR) is 238 cm³/mol. The maximum Gasteiger partial charge on any atom is 0.410 e. The molecule has 5 aromatic rings. The molecule has 3 aromatic carbocycles. The van der Waals surface area contributed by atoms with Crippen molar-refractivity contribution >= 4 is 41.0 Å². The van der Waals surface area contributed by atoms with E-state index in [4.69, 9.17) is 42.4 Å². The molecule has 0 bridgehead atoms. The SMILES string of the molecule is Cc1c(COc2cc(OCc3cncc(C#N)c3)c(CN3CCCC[C@H]3C(=O)O)cc2Cl)cccc1-c1cccc(CC(=O)c2nc3c(n2C)CCN(C(=O)OC(C)(C)C)C3)c1Cl. The van der Waals surface area contributed by atoms with Crippen LogP contribution >= 0.6 is 23.2 Å². The van der Waals surface area contributed by atoms with Gasteiger partial charge in [-0.1, -0.05) is 66.0 Å². The lowest BCUT2D eigenvalue weighted by molar-refractivity contribution is -0.144. The van der Waals surface area contributed by atoms with Gasteiger partial charge in [-0.05, 0) is 81.5 Å². The number of rotatable bonds is 13. The first-order valence-corrected chi connectivity index (χ1v) is 21.7. The maximum absolute atomic E-state index is 13.8. The van der Waals surface area contributed by atoms with E-state index in [0.29, 0.717) is 87.8 Å². The monoisotopic (exact) mass is 892 g/mol. The van der Waals surface area contributed by atoms with Crippen molar-refractivity contribution in [2.75, 3.05) is 13.1 Å². The maximum atomic E-state index is 13.8. The van der Waals surface area contributed by atoms with Crippen LogP contribution in [0.3, 0.4) is 0 Å². The van der Waals surface area contributed by atoms with E-state index in [-0.39, 0.29) is 32.0 Å². The lowest BCUT2D eigenvalue weighted by Crippen LogP contribution is -2.44. The molecule has 7 rings (SSSR count). The van der Waals surface area contributed by atoms with Gasteiger partial charge in [0.2, 0.25) is 5.78 Å². The second kappa shape index (κ2) is 19.2. The van der Waals surface area contributed by atoms with Gasteiger partial charge in [-0.3, -0.25) is 19.5 Å². The molecular formula is C48H50Cl2N6O7. The van der Waals surface area contributed by atoms with E-state index < -0.39 is 23.7 Å². The summed E-state index contributed by atoms with van der Waals surface area (Å²) in [5, 5.41) is 20.1. The zero-order valence-corrected chi connectivity index (χ0v) is 37.6. The van der Waals surface area contributed by atoms with E-state index in [2.05, 4.69) is 11.1 Å². The average Bonchev–Trinajstić information content (AvgIpc) is 3.59. The van der Waals surface area contributed by atoms with Crippen LogP contribution in [-0.4, -0.2) is 72.0 Å². The van der Waals surface area contributed by atoms with Crippen LogP contribution in [0.2, 0.25) is 10.0 Å². The lowest BCUT2D eigenvalue weighted by Gasteiger charge is -2.33. The number of nitriles is 1. The third-order valence-electron chi connectivity index (χ3n) is 11.4. The molecular weight excluding hydrogens is 843 g/mol. The number of halogens is 2. The first kappa shape index (κ1) is 45.1. The number of carboxylic acid groups (broad SMARTS) is 1. The van der Waals surface area contributed by atoms with E-state index in [1.165, 1.54) is 6.20 Å². The minimum atomic E-state index is -0.861. The minimum Gasteiger partial charge on any atom is -0.488 e. The Morgan fingerprint density at radius 3 is 2.43 bits per heavy atom. The average molecular weight is 894 g/mol. The molecule has 2 aliphatic heterocycles. The number of imidazole rings is 1. The molecule has 1 atom stereocenters. The Kier molecular flexibility index (Phi) is 13.8. The van der Waals surface area contributed by atoms with Crippen molar-refractivity contribution in [3.63, 3.8) is 0 Å². The van der Waals surface area contributed by atoms with Gasteiger partial charge in [0.25, 0.3) is 0 Å². The standard InChI is InChI=1S/C48H50Cl2N6O7/c1-29-33(28-62-43-21-42(61-27-31-18-30(22-51)23-52-24-31)34(19-37(43)49)25-55-16-7-6-14-40(55)46(58)59)11-9-12-35(29)36-13-8-10-32(44(36)50)20-41(57)45-53-38-26-56(17-15-39(38)54(45)5)47(60)63-48(2,3)4/h8-13,18-19,21,23-24,40H,6-7,14-17,20,25-28H2,1-5H3,(H,58,59)/t40-/m0/s1. The molecule has 13 nitrogen and oxygen atoms in total. The molecule has 1 N–H and O–H groups in total. The number of carbonyl (C=O) groups is 3. The van der Waals surface area contributed by atoms with Gasteiger partial charge in [0.1, 0.15) is 42.4 Å². The Hall–Kier alpha value is -5.94. The van der Waals surface area contributed by atoms with Gasteiger partial charge in [0.15, 0.2) is 5.82 Å². The van der Waals surface area contributed by atoms with Gasteiger partial charge in [0.05, 0.1) is 27.8 Å². The van der Waals surface area contributed by atoms with Crippen LogP contribution in [0.1, 0.15) is 95.4 Å². The summed E-state index contributed by atoms with van der Waals surface area (Å²) < 4.78 is 20.1. The Morgan fingerprint density at radius 1 is 0.937 bits per heavy atom. The number of fused-ring (bicyclic) bond motifs is 1. The van der Waals surface area contributed by atoms with Crippen molar-refractivity contribution in [1.29, 1.82) is 5.26 Å². The molecule has 0 aliphatic carbocycles. The van der Waals surface area contributed by atoms with E-state index in [1.54, 1.807) is 29.3 Å². The van der Waals surface area contributed by atoms with Crippen LogP contribution in [0.25, 0.3) is 11.1 Å². The number of carbonyl (C=O) groups excluding carboxylic acids is 2. The fourth-order valence-corrected chi connectivity index (χ4v) is 8.67. The summed E-state index contributed by atoms with van der Waals surface area (Å²) in [7, 11) is 1.83. The van der Waals surface area contributed by atoms with Crippen LogP contribution < -0.4 is 9.47 Å². The molecule has 2 aliphatic rings. The minimum absolute atomic E-state index is 0.0297. The molecule has 4 heterocycles. The number of ether oxygens (including phenoxy) is 3. The fraction of sp³-hybridized carbons (Fsp3) is 0.375. The summed E-state index contributed by atoms with van der Waals surface area (Å²) in [5.41, 5.74) is 6.89. The number of amides is 1. The molecule has 2 aromatic heterocycles.